The molecule has 0 spiro atoms. The van der Waals surface area contributed by atoms with Gasteiger partial charge in [-0.05, 0) is 30.5 Å². The molecule has 0 radical (unpaired) electrons. The van der Waals surface area contributed by atoms with Crippen molar-refractivity contribution in [1.82, 2.24) is 4.90 Å². The van der Waals surface area contributed by atoms with E-state index in [0.29, 0.717) is 23.8 Å². The number of rotatable bonds is 1. The summed E-state index contributed by atoms with van der Waals surface area (Å²) in [6.07, 6.45) is 0.864. The minimum atomic E-state index is -0.514. The Morgan fingerprint density at radius 3 is 2.94 bits per heavy atom. The van der Waals surface area contributed by atoms with Crippen LogP contribution in [0, 0.1) is 11.7 Å². The first-order chi connectivity index (χ1) is 8.49. The predicted octanol–water partition coefficient (Wildman–Crippen LogP) is 2.78. The van der Waals surface area contributed by atoms with Crippen LogP contribution >= 0.6 is 15.9 Å². The van der Waals surface area contributed by atoms with Gasteiger partial charge < -0.3 is 10.0 Å². The number of phenolic OH excluding ortho intramolecular Hbond substituents is 1. The van der Waals surface area contributed by atoms with E-state index in [-0.39, 0.29) is 17.2 Å². The standard InChI is InChI=1S/C13H15BrFNO2/c1-8-7-16(5-4-11(8)14)13(18)10-6-9(15)2-3-12(10)17/h2-3,6,8,11,17H,4-5,7H2,1H3. The lowest BCUT2D eigenvalue weighted by atomic mass is 9.99. The van der Waals surface area contributed by atoms with Crippen LogP contribution in [0.25, 0.3) is 0 Å². The molecule has 2 rings (SSSR count). The number of carbonyl (C=O) groups is 1. The van der Waals surface area contributed by atoms with Crippen molar-refractivity contribution >= 4 is 21.8 Å². The van der Waals surface area contributed by atoms with Crippen molar-refractivity contribution < 1.29 is 14.3 Å². The molecule has 0 aromatic heterocycles. The lowest BCUT2D eigenvalue weighted by Crippen LogP contribution is -2.43. The van der Waals surface area contributed by atoms with Gasteiger partial charge >= 0.3 is 0 Å². The van der Waals surface area contributed by atoms with Crippen molar-refractivity contribution in [3.05, 3.63) is 29.6 Å². The lowest BCUT2D eigenvalue weighted by molar-refractivity contribution is 0.0687. The van der Waals surface area contributed by atoms with Crippen molar-refractivity contribution in [2.45, 2.75) is 18.2 Å². The Labute approximate surface area is 114 Å². The molecule has 0 aliphatic carbocycles. The van der Waals surface area contributed by atoms with Gasteiger partial charge in [0.1, 0.15) is 11.6 Å². The second kappa shape index (κ2) is 5.26. The zero-order valence-corrected chi connectivity index (χ0v) is 11.7. The minimum Gasteiger partial charge on any atom is -0.507 e. The summed E-state index contributed by atoms with van der Waals surface area (Å²) in [5.41, 5.74) is 0.0372. The normalized spacial score (nSPS) is 24.1. The van der Waals surface area contributed by atoms with Gasteiger partial charge in [-0.15, -0.1) is 0 Å². The number of phenols is 1. The maximum Gasteiger partial charge on any atom is 0.257 e. The van der Waals surface area contributed by atoms with Crippen LogP contribution in [0.3, 0.4) is 0 Å². The molecule has 2 atom stereocenters. The number of likely N-dealkylation sites (tertiary alicyclic amines) is 1. The molecule has 18 heavy (non-hydrogen) atoms. The zero-order chi connectivity index (χ0) is 13.3. The molecule has 2 unspecified atom stereocenters. The molecule has 1 aliphatic heterocycles. The first-order valence-corrected chi connectivity index (χ1v) is 6.82. The first kappa shape index (κ1) is 13.3. The van der Waals surface area contributed by atoms with Crippen molar-refractivity contribution in [1.29, 1.82) is 0 Å². The third-order valence-electron chi connectivity index (χ3n) is 3.28. The van der Waals surface area contributed by atoms with E-state index in [1.165, 1.54) is 6.07 Å². The Bertz CT molecular complexity index is 466. The van der Waals surface area contributed by atoms with Crippen LogP contribution in [0.2, 0.25) is 0 Å². The molecule has 1 N–H and O–H groups in total. The molecular weight excluding hydrogens is 301 g/mol. The molecule has 1 saturated heterocycles. The smallest absolute Gasteiger partial charge is 0.257 e. The fourth-order valence-electron chi connectivity index (χ4n) is 2.15. The van der Waals surface area contributed by atoms with Crippen molar-refractivity contribution in [2.75, 3.05) is 13.1 Å². The number of alkyl halides is 1. The summed E-state index contributed by atoms with van der Waals surface area (Å²) in [5.74, 6) is -0.647. The Morgan fingerprint density at radius 2 is 2.28 bits per heavy atom. The van der Waals surface area contributed by atoms with E-state index in [4.69, 9.17) is 0 Å². The van der Waals surface area contributed by atoms with Gasteiger partial charge in [0.25, 0.3) is 5.91 Å². The van der Waals surface area contributed by atoms with Gasteiger partial charge in [0, 0.05) is 17.9 Å². The average molecular weight is 316 g/mol. The number of amides is 1. The number of piperidine rings is 1. The van der Waals surface area contributed by atoms with Gasteiger partial charge in [-0.3, -0.25) is 4.79 Å². The third-order valence-corrected chi connectivity index (χ3v) is 4.64. The summed E-state index contributed by atoms with van der Waals surface area (Å²) in [6.45, 7) is 3.30. The predicted molar refractivity (Wildman–Crippen MR) is 70.5 cm³/mol. The lowest BCUT2D eigenvalue weighted by Gasteiger charge is -2.34. The molecule has 1 aromatic carbocycles. The molecular formula is C13H15BrFNO2. The largest absolute Gasteiger partial charge is 0.507 e. The summed E-state index contributed by atoms with van der Waals surface area (Å²) >= 11 is 3.57. The number of hydrogen-bond donors (Lipinski definition) is 1. The highest BCUT2D eigenvalue weighted by molar-refractivity contribution is 9.09. The van der Waals surface area contributed by atoms with Crippen molar-refractivity contribution in [2.24, 2.45) is 5.92 Å². The molecule has 1 amide bonds. The molecule has 0 saturated carbocycles. The number of hydrogen-bond acceptors (Lipinski definition) is 2. The maximum atomic E-state index is 13.1. The summed E-state index contributed by atoms with van der Waals surface area (Å²) in [6, 6.07) is 3.44. The molecule has 5 heteroatoms. The van der Waals surface area contributed by atoms with Gasteiger partial charge in [-0.25, -0.2) is 4.39 Å². The Kier molecular flexibility index (Phi) is 3.90. The van der Waals surface area contributed by atoms with Crippen molar-refractivity contribution in [3.8, 4) is 5.75 Å². The van der Waals surface area contributed by atoms with Crippen molar-refractivity contribution in [3.63, 3.8) is 0 Å². The van der Waals surface area contributed by atoms with Gasteiger partial charge in [0.2, 0.25) is 0 Å². The number of carbonyl (C=O) groups excluding carboxylic acids is 1. The van der Waals surface area contributed by atoms with E-state index >= 15 is 0 Å². The summed E-state index contributed by atoms with van der Waals surface area (Å²) in [4.78, 5) is 14.3. The second-order valence-electron chi connectivity index (χ2n) is 4.69. The molecule has 0 bridgehead atoms. The second-order valence-corrected chi connectivity index (χ2v) is 5.87. The third kappa shape index (κ3) is 2.66. The Balaban J connectivity index is 2.19. The van der Waals surface area contributed by atoms with E-state index in [1.807, 2.05) is 0 Å². The topological polar surface area (TPSA) is 40.5 Å². The van der Waals surface area contributed by atoms with Crippen LogP contribution in [0.1, 0.15) is 23.7 Å². The zero-order valence-electron chi connectivity index (χ0n) is 10.1. The quantitative estimate of drug-likeness (QED) is 0.810. The SMILES string of the molecule is CC1CN(C(=O)c2cc(F)ccc2O)CCC1Br. The number of benzene rings is 1. The van der Waals surface area contributed by atoms with E-state index in [2.05, 4.69) is 22.9 Å². The van der Waals surface area contributed by atoms with E-state index in [9.17, 15) is 14.3 Å². The fraction of sp³-hybridized carbons (Fsp3) is 0.462. The summed E-state index contributed by atoms with van der Waals surface area (Å²) in [5, 5.41) is 9.63. The average Bonchev–Trinajstić information content (AvgIpc) is 2.35. The number of nitrogens with zero attached hydrogens (tertiary/aromatic N) is 1. The molecule has 1 aliphatic rings. The molecule has 1 fully saturated rings. The van der Waals surface area contributed by atoms with Crippen LogP contribution in [-0.2, 0) is 0 Å². The highest BCUT2D eigenvalue weighted by Gasteiger charge is 2.28. The van der Waals surface area contributed by atoms with E-state index in [0.717, 1.165) is 18.6 Å². The fourth-order valence-corrected chi connectivity index (χ4v) is 2.52. The summed E-state index contributed by atoms with van der Waals surface area (Å²) < 4.78 is 13.1. The molecule has 3 nitrogen and oxygen atoms in total. The van der Waals surface area contributed by atoms with Crippen LogP contribution < -0.4 is 0 Å². The highest BCUT2D eigenvalue weighted by atomic mass is 79.9. The number of aromatic hydroxyl groups is 1. The van der Waals surface area contributed by atoms with Crippen LogP contribution in [-0.4, -0.2) is 33.8 Å². The van der Waals surface area contributed by atoms with Gasteiger partial charge in [0.05, 0.1) is 5.56 Å². The Hall–Kier alpha value is -1.10. The first-order valence-electron chi connectivity index (χ1n) is 5.91. The molecule has 1 aromatic rings. The van der Waals surface area contributed by atoms with Crippen LogP contribution in [0.15, 0.2) is 18.2 Å². The maximum absolute atomic E-state index is 13.1. The Morgan fingerprint density at radius 1 is 1.56 bits per heavy atom. The van der Waals surface area contributed by atoms with Gasteiger partial charge in [-0.2, -0.15) is 0 Å². The van der Waals surface area contributed by atoms with Gasteiger partial charge in [0.15, 0.2) is 0 Å². The van der Waals surface area contributed by atoms with Gasteiger partial charge in [-0.1, -0.05) is 22.9 Å². The highest BCUT2D eigenvalue weighted by Crippen LogP contribution is 2.26. The summed E-state index contributed by atoms with van der Waals surface area (Å²) in [7, 11) is 0. The molecule has 98 valence electrons. The van der Waals surface area contributed by atoms with E-state index < -0.39 is 5.82 Å². The van der Waals surface area contributed by atoms with E-state index in [1.54, 1.807) is 4.90 Å². The molecule has 1 heterocycles. The van der Waals surface area contributed by atoms with Crippen LogP contribution in [0.5, 0.6) is 5.75 Å². The minimum absolute atomic E-state index is 0.0372. The van der Waals surface area contributed by atoms with Crippen LogP contribution in [0.4, 0.5) is 4.39 Å². The monoisotopic (exact) mass is 315 g/mol. The number of halogens is 2.